The van der Waals surface area contributed by atoms with E-state index in [4.69, 9.17) is 4.74 Å². The number of ether oxygens (including phenoxy) is 1. The minimum absolute atomic E-state index is 0.135. The van der Waals surface area contributed by atoms with E-state index in [9.17, 15) is 4.39 Å². The Bertz CT molecular complexity index is 384. The van der Waals surface area contributed by atoms with Crippen molar-refractivity contribution in [1.29, 1.82) is 0 Å². The Morgan fingerprint density at radius 1 is 1.42 bits per heavy atom. The molecule has 1 aromatic rings. The first kappa shape index (κ1) is 15.9. The Morgan fingerprint density at radius 3 is 2.79 bits per heavy atom. The third-order valence-corrected chi connectivity index (χ3v) is 3.20. The van der Waals surface area contributed by atoms with E-state index in [-0.39, 0.29) is 11.9 Å². The fourth-order valence-electron chi connectivity index (χ4n) is 2.04. The van der Waals surface area contributed by atoms with Gasteiger partial charge in [0, 0.05) is 32.4 Å². The molecule has 0 saturated heterocycles. The molecule has 0 aliphatic heterocycles. The monoisotopic (exact) mass is 268 g/mol. The van der Waals surface area contributed by atoms with Gasteiger partial charge in [0.25, 0.3) is 0 Å². The summed E-state index contributed by atoms with van der Waals surface area (Å²) in [5, 5.41) is 3.40. The lowest BCUT2D eigenvalue weighted by atomic mass is 10.0. The molecule has 108 valence electrons. The minimum atomic E-state index is -0.191. The van der Waals surface area contributed by atoms with Crippen LogP contribution in [0.15, 0.2) is 18.2 Å². The maximum Gasteiger partial charge on any atom is 0.123 e. The van der Waals surface area contributed by atoms with Gasteiger partial charge >= 0.3 is 0 Å². The number of benzene rings is 1. The van der Waals surface area contributed by atoms with Gasteiger partial charge in [0.05, 0.1) is 6.61 Å². The van der Waals surface area contributed by atoms with Crippen LogP contribution in [0.1, 0.15) is 31.9 Å². The Balaban J connectivity index is 2.90. The number of nitrogens with zero attached hydrogens (tertiary/aromatic N) is 1. The standard InChI is InChI=1S/C15H25FN2O/c1-5-8-17-12(2)14-11-13(16)6-7-15(14)18(3)9-10-19-4/h6-7,11-12,17H,5,8-10H2,1-4H3. The number of halogens is 1. The van der Waals surface area contributed by atoms with Crippen molar-refractivity contribution in [1.82, 2.24) is 5.32 Å². The van der Waals surface area contributed by atoms with Gasteiger partial charge in [-0.25, -0.2) is 4.39 Å². The molecule has 3 nitrogen and oxygen atoms in total. The molecule has 0 aliphatic rings. The maximum atomic E-state index is 13.5. The Morgan fingerprint density at radius 2 is 2.16 bits per heavy atom. The average Bonchev–Trinajstić information content (AvgIpc) is 2.41. The topological polar surface area (TPSA) is 24.5 Å². The van der Waals surface area contributed by atoms with Crippen molar-refractivity contribution in [2.24, 2.45) is 0 Å². The van der Waals surface area contributed by atoms with Crippen LogP contribution in [0, 0.1) is 5.82 Å². The fourth-order valence-corrected chi connectivity index (χ4v) is 2.04. The largest absolute Gasteiger partial charge is 0.383 e. The van der Waals surface area contributed by atoms with Crippen molar-refractivity contribution >= 4 is 5.69 Å². The van der Waals surface area contributed by atoms with E-state index in [2.05, 4.69) is 24.1 Å². The first-order valence-corrected chi connectivity index (χ1v) is 6.83. The molecule has 0 heterocycles. The summed E-state index contributed by atoms with van der Waals surface area (Å²) in [6.45, 7) is 6.56. The summed E-state index contributed by atoms with van der Waals surface area (Å²) in [4.78, 5) is 2.10. The predicted molar refractivity (Wildman–Crippen MR) is 78.3 cm³/mol. The molecule has 1 N–H and O–H groups in total. The summed E-state index contributed by atoms with van der Waals surface area (Å²) in [5.41, 5.74) is 2.04. The molecule has 1 rings (SSSR count). The fraction of sp³-hybridized carbons (Fsp3) is 0.600. The van der Waals surface area contributed by atoms with Gasteiger partial charge in [0.1, 0.15) is 5.82 Å². The van der Waals surface area contributed by atoms with Crippen LogP contribution in [0.25, 0.3) is 0 Å². The molecular weight excluding hydrogens is 243 g/mol. The molecule has 1 atom stereocenters. The third-order valence-electron chi connectivity index (χ3n) is 3.20. The Hall–Kier alpha value is -1.13. The summed E-state index contributed by atoms with van der Waals surface area (Å²) < 4.78 is 18.6. The van der Waals surface area contributed by atoms with E-state index in [0.717, 1.165) is 30.8 Å². The summed E-state index contributed by atoms with van der Waals surface area (Å²) in [7, 11) is 3.69. The van der Waals surface area contributed by atoms with Crippen LogP contribution in [-0.2, 0) is 4.74 Å². The number of anilines is 1. The van der Waals surface area contributed by atoms with Crippen molar-refractivity contribution in [2.45, 2.75) is 26.3 Å². The van der Waals surface area contributed by atoms with Crippen molar-refractivity contribution in [3.05, 3.63) is 29.6 Å². The zero-order valence-electron chi connectivity index (χ0n) is 12.4. The van der Waals surface area contributed by atoms with E-state index in [1.807, 2.05) is 13.1 Å². The number of hydrogen-bond donors (Lipinski definition) is 1. The Kier molecular flexibility index (Phi) is 6.81. The molecule has 19 heavy (non-hydrogen) atoms. The highest BCUT2D eigenvalue weighted by Crippen LogP contribution is 2.26. The normalized spacial score (nSPS) is 12.5. The zero-order valence-corrected chi connectivity index (χ0v) is 12.4. The number of likely N-dealkylation sites (N-methyl/N-ethyl adjacent to an activating group) is 1. The Labute approximate surface area is 115 Å². The predicted octanol–water partition coefficient (Wildman–Crippen LogP) is 2.97. The van der Waals surface area contributed by atoms with E-state index in [1.54, 1.807) is 13.2 Å². The quantitative estimate of drug-likeness (QED) is 0.784. The molecule has 4 heteroatoms. The van der Waals surface area contributed by atoms with Crippen molar-refractivity contribution in [2.75, 3.05) is 38.8 Å². The van der Waals surface area contributed by atoms with Crippen LogP contribution in [-0.4, -0.2) is 33.9 Å². The summed E-state index contributed by atoms with van der Waals surface area (Å²) in [6, 6.07) is 5.10. The first-order valence-electron chi connectivity index (χ1n) is 6.83. The van der Waals surface area contributed by atoms with Crippen LogP contribution >= 0.6 is 0 Å². The molecule has 1 unspecified atom stereocenters. The molecule has 0 fully saturated rings. The summed E-state index contributed by atoms with van der Waals surface area (Å²) in [5.74, 6) is -0.191. The molecule has 0 aromatic heterocycles. The molecule has 0 radical (unpaired) electrons. The second kappa shape index (κ2) is 8.12. The van der Waals surface area contributed by atoms with Crippen LogP contribution in [0.3, 0.4) is 0 Å². The number of rotatable bonds is 8. The SMILES string of the molecule is CCCNC(C)c1cc(F)ccc1N(C)CCOC. The molecular formula is C15H25FN2O. The highest BCUT2D eigenvalue weighted by Gasteiger charge is 2.14. The molecule has 0 saturated carbocycles. The molecule has 0 bridgehead atoms. The number of hydrogen-bond acceptors (Lipinski definition) is 3. The van der Waals surface area contributed by atoms with Crippen molar-refractivity contribution < 1.29 is 9.13 Å². The lowest BCUT2D eigenvalue weighted by Gasteiger charge is -2.25. The van der Waals surface area contributed by atoms with Gasteiger partial charge in [0.15, 0.2) is 0 Å². The van der Waals surface area contributed by atoms with E-state index >= 15 is 0 Å². The highest BCUT2D eigenvalue weighted by molar-refractivity contribution is 5.54. The maximum absolute atomic E-state index is 13.5. The second-order valence-electron chi connectivity index (χ2n) is 4.79. The van der Waals surface area contributed by atoms with Gasteiger partial charge in [0.2, 0.25) is 0 Å². The van der Waals surface area contributed by atoms with Gasteiger partial charge in [-0.2, -0.15) is 0 Å². The van der Waals surface area contributed by atoms with Crippen molar-refractivity contribution in [3.8, 4) is 0 Å². The van der Waals surface area contributed by atoms with Crippen LogP contribution in [0.2, 0.25) is 0 Å². The van der Waals surface area contributed by atoms with Crippen LogP contribution in [0.4, 0.5) is 10.1 Å². The molecule has 0 aliphatic carbocycles. The average molecular weight is 268 g/mol. The van der Waals surface area contributed by atoms with Gasteiger partial charge in [-0.15, -0.1) is 0 Å². The minimum Gasteiger partial charge on any atom is -0.383 e. The third kappa shape index (κ3) is 4.80. The highest BCUT2D eigenvalue weighted by atomic mass is 19.1. The van der Waals surface area contributed by atoms with Gasteiger partial charge < -0.3 is 15.0 Å². The smallest absolute Gasteiger partial charge is 0.123 e. The summed E-state index contributed by atoms with van der Waals surface area (Å²) >= 11 is 0. The number of nitrogens with one attached hydrogen (secondary N) is 1. The van der Waals surface area contributed by atoms with Gasteiger partial charge in [-0.05, 0) is 43.7 Å². The van der Waals surface area contributed by atoms with Gasteiger partial charge in [-0.1, -0.05) is 6.92 Å². The summed E-state index contributed by atoms with van der Waals surface area (Å²) in [6.07, 6.45) is 1.06. The zero-order chi connectivity index (χ0) is 14.3. The van der Waals surface area contributed by atoms with E-state index in [1.165, 1.54) is 6.07 Å². The van der Waals surface area contributed by atoms with Crippen molar-refractivity contribution in [3.63, 3.8) is 0 Å². The van der Waals surface area contributed by atoms with Gasteiger partial charge in [-0.3, -0.25) is 0 Å². The first-order chi connectivity index (χ1) is 9.10. The van der Waals surface area contributed by atoms with Crippen LogP contribution < -0.4 is 10.2 Å². The lowest BCUT2D eigenvalue weighted by Crippen LogP contribution is -2.26. The molecule has 0 amide bonds. The number of methoxy groups -OCH3 is 1. The molecule has 0 spiro atoms. The van der Waals surface area contributed by atoms with E-state index < -0.39 is 0 Å². The van der Waals surface area contributed by atoms with Crippen LogP contribution in [0.5, 0.6) is 0 Å². The lowest BCUT2D eigenvalue weighted by molar-refractivity contribution is 0.206. The second-order valence-corrected chi connectivity index (χ2v) is 4.79. The van der Waals surface area contributed by atoms with E-state index in [0.29, 0.717) is 6.61 Å². The molecule has 1 aromatic carbocycles.